The largest absolute Gasteiger partial charge is 0.496 e. The quantitative estimate of drug-likeness (QED) is 0.732. The molecule has 5 nitrogen and oxygen atoms in total. The molecule has 0 saturated carbocycles. The number of hydrogen-bond acceptors (Lipinski definition) is 4. The van der Waals surface area contributed by atoms with Crippen molar-refractivity contribution < 1.29 is 9.53 Å². The van der Waals surface area contributed by atoms with Crippen molar-refractivity contribution in [1.82, 2.24) is 5.32 Å². The molecule has 0 heterocycles. The van der Waals surface area contributed by atoms with Crippen LogP contribution >= 0.6 is 0 Å². The van der Waals surface area contributed by atoms with Gasteiger partial charge in [0.1, 0.15) is 5.75 Å². The molecule has 0 unspecified atom stereocenters. The Labute approximate surface area is 143 Å². The maximum Gasteiger partial charge on any atom is 0.238 e. The minimum absolute atomic E-state index is 0.0485. The number of hydrogen-bond donors (Lipinski definition) is 2. The molecule has 2 rings (SSSR count). The van der Waals surface area contributed by atoms with Crippen molar-refractivity contribution in [2.45, 2.75) is 6.42 Å². The van der Waals surface area contributed by atoms with Crippen LogP contribution in [0.4, 0.5) is 11.4 Å². The number of rotatable bonds is 8. The minimum atomic E-state index is -0.0485. The van der Waals surface area contributed by atoms with E-state index in [0.29, 0.717) is 6.54 Å². The average molecular weight is 327 g/mol. The molecule has 0 fully saturated rings. The summed E-state index contributed by atoms with van der Waals surface area (Å²) in [4.78, 5) is 14.0. The lowest BCUT2D eigenvalue weighted by atomic mass is 10.1. The van der Waals surface area contributed by atoms with Crippen LogP contribution in [0, 0.1) is 0 Å². The summed E-state index contributed by atoms with van der Waals surface area (Å²) in [5.41, 5.74) is 3.03. The lowest BCUT2D eigenvalue weighted by Crippen LogP contribution is -2.29. The first kappa shape index (κ1) is 17.8. The Morgan fingerprint density at radius 1 is 1.08 bits per heavy atom. The van der Waals surface area contributed by atoms with Crippen molar-refractivity contribution in [2.24, 2.45) is 0 Å². The Balaban J connectivity index is 1.73. The number of methoxy groups -OCH3 is 1. The van der Waals surface area contributed by atoms with Gasteiger partial charge in [0, 0.05) is 25.5 Å². The number of benzene rings is 2. The average Bonchev–Trinajstić information content (AvgIpc) is 2.59. The number of nitrogens with zero attached hydrogens (tertiary/aromatic N) is 1. The van der Waals surface area contributed by atoms with Crippen LogP contribution in [-0.2, 0) is 11.2 Å². The highest BCUT2D eigenvalue weighted by Gasteiger charge is 2.04. The third-order valence-corrected chi connectivity index (χ3v) is 3.72. The van der Waals surface area contributed by atoms with Crippen LogP contribution in [0.1, 0.15) is 5.56 Å². The molecular formula is C19H25N3O2. The molecule has 0 saturated heterocycles. The van der Waals surface area contributed by atoms with Crippen LogP contribution < -0.4 is 20.3 Å². The maximum atomic E-state index is 12.0. The molecule has 0 aliphatic heterocycles. The summed E-state index contributed by atoms with van der Waals surface area (Å²) in [5, 5.41) is 6.04. The zero-order valence-corrected chi connectivity index (χ0v) is 14.5. The van der Waals surface area contributed by atoms with Crippen LogP contribution in [0.25, 0.3) is 0 Å². The molecule has 0 spiro atoms. The molecule has 5 heteroatoms. The van der Waals surface area contributed by atoms with Crippen LogP contribution in [0.5, 0.6) is 5.75 Å². The fraction of sp³-hybridized carbons (Fsp3) is 0.316. The van der Waals surface area contributed by atoms with Gasteiger partial charge in [0.2, 0.25) is 5.91 Å². The highest BCUT2D eigenvalue weighted by molar-refractivity contribution is 5.92. The van der Waals surface area contributed by atoms with E-state index in [1.165, 1.54) is 0 Å². The molecule has 0 aliphatic carbocycles. The molecule has 0 bridgehead atoms. The summed E-state index contributed by atoms with van der Waals surface area (Å²) in [6.45, 7) is 0.998. The second-order valence-electron chi connectivity index (χ2n) is 5.73. The van der Waals surface area contributed by atoms with Crippen LogP contribution in [0.15, 0.2) is 48.5 Å². The van der Waals surface area contributed by atoms with E-state index in [1.54, 1.807) is 7.11 Å². The van der Waals surface area contributed by atoms with Crippen molar-refractivity contribution in [3.63, 3.8) is 0 Å². The van der Waals surface area contributed by atoms with Crippen molar-refractivity contribution in [3.05, 3.63) is 54.1 Å². The normalized spacial score (nSPS) is 10.3. The van der Waals surface area contributed by atoms with E-state index in [9.17, 15) is 4.79 Å². The second-order valence-corrected chi connectivity index (χ2v) is 5.73. The van der Waals surface area contributed by atoms with E-state index >= 15 is 0 Å². The van der Waals surface area contributed by atoms with Gasteiger partial charge in [0.15, 0.2) is 0 Å². The van der Waals surface area contributed by atoms with E-state index in [-0.39, 0.29) is 12.5 Å². The number of carbonyl (C=O) groups is 1. The first-order valence-corrected chi connectivity index (χ1v) is 8.00. The predicted octanol–water partition coefficient (Wildman–Crippen LogP) is 2.53. The summed E-state index contributed by atoms with van der Waals surface area (Å²) in [6.07, 6.45) is 0.814. The van der Waals surface area contributed by atoms with Gasteiger partial charge in [-0.2, -0.15) is 0 Å². The molecule has 0 aliphatic rings. The zero-order valence-electron chi connectivity index (χ0n) is 14.5. The van der Waals surface area contributed by atoms with Gasteiger partial charge in [-0.05, 0) is 48.9 Å². The number of amides is 1. The minimum Gasteiger partial charge on any atom is -0.496 e. The Bertz CT molecular complexity index is 654. The molecule has 2 aromatic rings. The second kappa shape index (κ2) is 8.93. The lowest BCUT2D eigenvalue weighted by molar-refractivity contribution is -0.115. The SMILES string of the molecule is COc1ccccc1CCNCC(=O)Nc1ccc(N(C)C)cc1. The summed E-state index contributed by atoms with van der Waals surface area (Å²) in [5.74, 6) is 0.831. The highest BCUT2D eigenvalue weighted by atomic mass is 16.5. The van der Waals surface area contributed by atoms with Gasteiger partial charge < -0.3 is 20.3 Å². The third-order valence-electron chi connectivity index (χ3n) is 3.72. The predicted molar refractivity (Wildman–Crippen MR) is 99.0 cm³/mol. The third kappa shape index (κ3) is 5.28. The summed E-state index contributed by atoms with van der Waals surface area (Å²) in [6, 6.07) is 15.7. The number of anilines is 2. The van der Waals surface area contributed by atoms with Gasteiger partial charge in [-0.15, -0.1) is 0 Å². The lowest BCUT2D eigenvalue weighted by Gasteiger charge is -2.13. The van der Waals surface area contributed by atoms with Gasteiger partial charge in [-0.25, -0.2) is 0 Å². The fourth-order valence-corrected chi connectivity index (χ4v) is 2.38. The Kier molecular flexibility index (Phi) is 6.63. The molecule has 2 N–H and O–H groups in total. The Hall–Kier alpha value is -2.53. The summed E-state index contributed by atoms with van der Waals surface area (Å²) >= 11 is 0. The van der Waals surface area contributed by atoms with E-state index in [1.807, 2.05) is 67.5 Å². The fourth-order valence-electron chi connectivity index (χ4n) is 2.38. The van der Waals surface area contributed by atoms with Gasteiger partial charge in [0.25, 0.3) is 0 Å². The van der Waals surface area contributed by atoms with Gasteiger partial charge in [-0.3, -0.25) is 4.79 Å². The van der Waals surface area contributed by atoms with Crippen molar-refractivity contribution in [3.8, 4) is 5.75 Å². The summed E-state index contributed by atoms with van der Waals surface area (Å²) in [7, 11) is 5.64. The van der Waals surface area contributed by atoms with Crippen molar-refractivity contribution in [2.75, 3.05) is 44.5 Å². The number of nitrogens with one attached hydrogen (secondary N) is 2. The first-order valence-electron chi connectivity index (χ1n) is 8.00. The zero-order chi connectivity index (χ0) is 17.4. The number of para-hydroxylation sites is 1. The molecule has 0 radical (unpaired) electrons. The number of carbonyl (C=O) groups excluding carboxylic acids is 1. The smallest absolute Gasteiger partial charge is 0.238 e. The van der Waals surface area contributed by atoms with Crippen LogP contribution in [-0.4, -0.2) is 40.2 Å². The summed E-state index contributed by atoms with van der Waals surface area (Å²) < 4.78 is 5.32. The Morgan fingerprint density at radius 2 is 1.79 bits per heavy atom. The van der Waals surface area contributed by atoms with Gasteiger partial charge in [0.05, 0.1) is 13.7 Å². The molecule has 24 heavy (non-hydrogen) atoms. The number of ether oxygens (including phenoxy) is 1. The first-order chi connectivity index (χ1) is 11.6. The molecule has 0 atom stereocenters. The molecule has 1 amide bonds. The molecule has 2 aromatic carbocycles. The van der Waals surface area contributed by atoms with Crippen molar-refractivity contribution in [1.29, 1.82) is 0 Å². The van der Waals surface area contributed by atoms with Crippen LogP contribution in [0.2, 0.25) is 0 Å². The standard InChI is InChI=1S/C19H25N3O2/c1-22(2)17-10-8-16(9-11-17)21-19(23)14-20-13-12-15-6-4-5-7-18(15)24-3/h4-11,20H,12-14H2,1-3H3,(H,21,23). The van der Waals surface area contributed by atoms with Crippen LogP contribution in [0.3, 0.4) is 0 Å². The topological polar surface area (TPSA) is 53.6 Å². The monoisotopic (exact) mass is 327 g/mol. The van der Waals surface area contributed by atoms with Crippen molar-refractivity contribution >= 4 is 17.3 Å². The highest BCUT2D eigenvalue weighted by Crippen LogP contribution is 2.17. The van der Waals surface area contributed by atoms with E-state index < -0.39 is 0 Å². The molecule has 128 valence electrons. The Morgan fingerprint density at radius 3 is 2.46 bits per heavy atom. The maximum absolute atomic E-state index is 12.0. The van der Waals surface area contributed by atoms with Gasteiger partial charge in [-0.1, -0.05) is 18.2 Å². The van der Waals surface area contributed by atoms with E-state index in [4.69, 9.17) is 4.74 Å². The van der Waals surface area contributed by atoms with E-state index in [2.05, 4.69) is 10.6 Å². The van der Waals surface area contributed by atoms with Gasteiger partial charge >= 0.3 is 0 Å². The molecule has 0 aromatic heterocycles. The molecular weight excluding hydrogens is 302 g/mol. The van der Waals surface area contributed by atoms with E-state index in [0.717, 1.165) is 29.1 Å².